The van der Waals surface area contributed by atoms with Crippen LogP contribution in [0.3, 0.4) is 0 Å². The van der Waals surface area contributed by atoms with E-state index in [0.29, 0.717) is 29.8 Å². The van der Waals surface area contributed by atoms with E-state index in [1.165, 1.54) is 10.4 Å². The Labute approximate surface area is 174 Å². The number of aryl methyl sites for hydroxylation is 1. The molecule has 0 saturated heterocycles. The number of anilines is 1. The van der Waals surface area contributed by atoms with Gasteiger partial charge in [-0.2, -0.15) is 0 Å². The van der Waals surface area contributed by atoms with Crippen LogP contribution in [0, 0.1) is 5.92 Å². The van der Waals surface area contributed by atoms with Gasteiger partial charge in [0, 0.05) is 16.6 Å². The number of aromatic nitrogens is 2. The average Bonchev–Trinajstić information content (AvgIpc) is 3.07. The van der Waals surface area contributed by atoms with Crippen LogP contribution < -0.4 is 20.3 Å². The van der Waals surface area contributed by atoms with E-state index in [-0.39, 0.29) is 11.6 Å². The van der Waals surface area contributed by atoms with Crippen molar-refractivity contribution in [2.24, 2.45) is 5.92 Å². The lowest BCUT2D eigenvalue weighted by molar-refractivity contribution is 0.311. The molecule has 0 bridgehead atoms. The maximum atomic E-state index is 12.8. The molecule has 1 aromatic carbocycles. The number of rotatable bonds is 6. The van der Waals surface area contributed by atoms with Crippen LogP contribution in [-0.2, 0) is 12.8 Å². The van der Waals surface area contributed by atoms with Gasteiger partial charge in [0.25, 0.3) is 5.56 Å². The van der Waals surface area contributed by atoms with E-state index in [4.69, 9.17) is 14.5 Å². The number of benzene rings is 1. The van der Waals surface area contributed by atoms with Crippen LogP contribution in [-0.4, -0.2) is 23.7 Å². The third-order valence-electron chi connectivity index (χ3n) is 5.44. The smallest absolute Gasteiger partial charge is 0.259 e. The summed E-state index contributed by atoms with van der Waals surface area (Å²) in [5.74, 6) is 2.69. The minimum absolute atomic E-state index is 0.0324. The monoisotopic (exact) mass is 413 g/mol. The number of fused-ring (bicyclic) bond motifs is 3. The first-order valence-electron chi connectivity index (χ1n) is 10.1. The summed E-state index contributed by atoms with van der Waals surface area (Å²) in [5, 5.41) is 4.19. The van der Waals surface area contributed by atoms with Crippen LogP contribution >= 0.6 is 11.3 Å². The molecule has 0 spiro atoms. The number of H-pyrrole nitrogens is 1. The largest absolute Gasteiger partial charge is 0.493 e. The molecule has 2 N–H and O–H groups in total. The Morgan fingerprint density at radius 2 is 2.21 bits per heavy atom. The van der Waals surface area contributed by atoms with Gasteiger partial charge < -0.3 is 19.8 Å². The molecule has 29 heavy (non-hydrogen) atoms. The fourth-order valence-electron chi connectivity index (χ4n) is 3.92. The second-order valence-corrected chi connectivity index (χ2v) is 8.73. The lowest BCUT2D eigenvalue weighted by Crippen LogP contribution is -2.18. The van der Waals surface area contributed by atoms with Crippen molar-refractivity contribution in [2.75, 3.05) is 19.0 Å². The van der Waals surface area contributed by atoms with Crippen molar-refractivity contribution in [3.05, 3.63) is 44.8 Å². The van der Waals surface area contributed by atoms with E-state index in [1.807, 2.05) is 32.0 Å². The molecule has 0 fully saturated rings. The number of nitrogens with zero attached hydrogens (tertiary/aromatic N) is 1. The van der Waals surface area contributed by atoms with E-state index in [0.717, 1.165) is 35.2 Å². The van der Waals surface area contributed by atoms with Crippen molar-refractivity contribution in [1.82, 2.24) is 9.97 Å². The van der Waals surface area contributed by atoms with Gasteiger partial charge in [0.1, 0.15) is 10.7 Å². The zero-order valence-corrected chi connectivity index (χ0v) is 18.1. The van der Waals surface area contributed by atoms with Crippen molar-refractivity contribution in [3.8, 4) is 11.5 Å². The van der Waals surface area contributed by atoms with Gasteiger partial charge in [0.05, 0.1) is 25.1 Å². The van der Waals surface area contributed by atoms with Gasteiger partial charge in [-0.25, -0.2) is 4.98 Å². The minimum Gasteiger partial charge on any atom is -0.493 e. The van der Waals surface area contributed by atoms with E-state index >= 15 is 0 Å². The van der Waals surface area contributed by atoms with Crippen molar-refractivity contribution in [1.29, 1.82) is 0 Å². The average molecular weight is 414 g/mol. The lowest BCUT2D eigenvalue weighted by atomic mass is 9.89. The van der Waals surface area contributed by atoms with Gasteiger partial charge in [-0.05, 0) is 56.7 Å². The number of methoxy groups -OCH3 is 1. The number of aromatic amines is 1. The molecule has 2 aromatic heterocycles. The number of nitrogens with one attached hydrogen (secondary N) is 2. The summed E-state index contributed by atoms with van der Waals surface area (Å²) in [6, 6.07) is 5.55. The molecule has 0 radical (unpaired) electrons. The van der Waals surface area contributed by atoms with Gasteiger partial charge in [-0.3, -0.25) is 4.79 Å². The molecule has 6 nitrogen and oxygen atoms in total. The van der Waals surface area contributed by atoms with Crippen molar-refractivity contribution < 1.29 is 9.47 Å². The Balaban J connectivity index is 1.62. The molecule has 0 unspecified atom stereocenters. The summed E-state index contributed by atoms with van der Waals surface area (Å²) in [4.78, 5) is 22.8. The Morgan fingerprint density at radius 3 is 2.97 bits per heavy atom. The summed E-state index contributed by atoms with van der Waals surface area (Å²) in [6.07, 6.45) is 3.16. The SMILES string of the molecule is CCOc1ccc(N[C@H](C)c2nc3sc4c(c3c(=O)[nH]2)CC[C@H](C)C4)cc1OC. The second kappa shape index (κ2) is 8.06. The van der Waals surface area contributed by atoms with Crippen LogP contribution in [0.2, 0.25) is 0 Å². The normalized spacial score (nSPS) is 17.0. The highest BCUT2D eigenvalue weighted by Gasteiger charge is 2.23. The van der Waals surface area contributed by atoms with Crippen LogP contribution in [0.1, 0.15) is 49.5 Å². The van der Waals surface area contributed by atoms with Crippen molar-refractivity contribution in [2.45, 2.75) is 46.1 Å². The zero-order chi connectivity index (χ0) is 20.5. The first-order chi connectivity index (χ1) is 14.0. The van der Waals surface area contributed by atoms with E-state index in [9.17, 15) is 4.79 Å². The summed E-state index contributed by atoms with van der Waals surface area (Å²) in [6.45, 7) is 6.78. The number of hydrogen-bond donors (Lipinski definition) is 2. The van der Waals surface area contributed by atoms with Crippen LogP contribution in [0.4, 0.5) is 5.69 Å². The maximum absolute atomic E-state index is 12.8. The molecule has 0 amide bonds. The molecule has 2 atom stereocenters. The molecule has 0 saturated carbocycles. The molecule has 4 rings (SSSR count). The third-order valence-corrected chi connectivity index (χ3v) is 6.59. The summed E-state index contributed by atoms with van der Waals surface area (Å²) >= 11 is 1.67. The van der Waals surface area contributed by atoms with Crippen LogP contribution in [0.25, 0.3) is 10.2 Å². The predicted octanol–water partition coefficient (Wildman–Crippen LogP) is 4.69. The van der Waals surface area contributed by atoms with Gasteiger partial charge >= 0.3 is 0 Å². The highest BCUT2D eigenvalue weighted by atomic mass is 32.1. The fourth-order valence-corrected chi connectivity index (χ4v) is 5.31. The molecule has 2 heterocycles. The Kier molecular flexibility index (Phi) is 5.50. The van der Waals surface area contributed by atoms with E-state index in [1.54, 1.807) is 18.4 Å². The van der Waals surface area contributed by atoms with Crippen molar-refractivity contribution >= 4 is 27.2 Å². The molecule has 0 aliphatic heterocycles. The number of ether oxygens (including phenoxy) is 2. The van der Waals surface area contributed by atoms with Crippen molar-refractivity contribution in [3.63, 3.8) is 0 Å². The summed E-state index contributed by atoms with van der Waals surface area (Å²) in [5.41, 5.74) is 2.05. The van der Waals surface area contributed by atoms with Gasteiger partial charge in [0.2, 0.25) is 0 Å². The molecule has 1 aliphatic carbocycles. The highest BCUT2D eigenvalue weighted by molar-refractivity contribution is 7.18. The molecule has 3 aromatic rings. The first-order valence-corrected chi connectivity index (χ1v) is 10.9. The molecule has 154 valence electrons. The van der Waals surface area contributed by atoms with Crippen LogP contribution in [0.5, 0.6) is 11.5 Å². The standard InChI is InChI=1S/C22H27N3O3S/c1-5-28-16-9-7-14(11-17(16)27-4)23-13(3)20-24-21(26)19-15-8-6-12(2)10-18(15)29-22(19)25-20/h7,9,11-13,23H,5-6,8,10H2,1-4H3,(H,24,25,26)/t12-,13+/m0/s1. The van der Waals surface area contributed by atoms with E-state index < -0.39 is 0 Å². The topological polar surface area (TPSA) is 76.2 Å². The highest BCUT2D eigenvalue weighted by Crippen LogP contribution is 2.36. The minimum atomic E-state index is -0.159. The predicted molar refractivity (Wildman–Crippen MR) is 118 cm³/mol. The quantitative estimate of drug-likeness (QED) is 0.613. The maximum Gasteiger partial charge on any atom is 0.259 e. The Hall–Kier alpha value is -2.54. The second-order valence-electron chi connectivity index (χ2n) is 7.65. The fraction of sp³-hybridized carbons (Fsp3) is 0.455. The Bertz CT molecular complexity index is 1090. The number of hydrogen-bond acceptors (Lipinski definition) is 6. The summed E-state index contributed by atoms with van der Waals surface area (Å²) in [7, 11) is 1.62. The van der Waals surface area contributed by atoms with Gasteiger partial charge in [0.15, 0.2) is 11.5 Å². The third kappa shape index (κ3) is 3.83. The molecule has 7 heteroatoms. The number of thiophene rings is 1. The van der Waals surface area contributed by atoms with Crippen LogP contribution in [0.15, 0.2) is 23.0 Å². The molecule has 1 aliphatic rings. The van der Waals surface area contributed by atoms with Gasteiger partial charge in [-0.15, -0.1) is 11.3 Å². The zero-order valence-electron chi connectivity index (χ0n) is 17.3. The molecular weight excluding hydrogens is 386 g/mol. The van der Waals surface area contributed by atoms with E-state index in [2.05, 4.69) is 17.2 Å². The Morgan fingerprint density at radius 1 is 1.38 bits per heavy atom. The summed E-state index contributed by atoms with van der Waals surface area (Å²) < 4.78 is 11.0. The first kappa shape index (κ1) is 19.8. The van der Waals surface area contributed by atoms with Gasteiger partial charge in [-0.1, -0.05) is 6.92 Å². The molecular formula is C22H27N3O3S. The lowest BCUT2D eigenvalue weighted by Gasteiger charge is -2.17.